The van der Waals surface area contributed by atoms with Crippen molar-refractivity contribution in [3.63, 3.8) is 0 Å². The van der Waals surface area contributed by atoms with Gasteiger partial charge in [0.25, 0.3) is 0 Å². The van der Waals surface area contributed by atoms with Gasteiger partial charge in [-0.05, 0) is 6.42 Å². The highest BCUT2D eigenvalue weighted by molar-refractivity contribution is 6.32. The van der Waals surface area contributed by atoms with Gasteiger partial charge in [0.1, 0.15) is 0 Å². The van der Waals surface area contributed by atoms with Crippen LogP contribution in [0, 0.1) is 0 Å². The number of hydrogen-bond donors (Lipinski definition) is 2. The molecule has 96 valence electrons. The van der Waals surface area contributed by atoms with E-state index in [0.717, 1.165) is 12.8 Å². The van der Waals surface area contributed by atoms with Gasteiger partial charge < -0.3 is 14.7 Å². The molecule has 0 aliphatic rings. The van der Waals surface area contributed by atoms with Crippen molar-refractivity contribution in [1.29, 1.82) is 0 Å². The first-order valence-electron chi connectivity index (χ1n) is 6.75. The zero-order chi connectivity index (χ0) is 12.1. The number of hydrogen-bond acceptors (Lipinski definition) is 3. The molecule has 0 spiro atoms. The van der Waals surface area contributed by atoms with Crippen LogP contribution in [0.3, 0.4) is 0 Å². The van der Waals surface area contributed by atoms with Crippen molar-refractivity contribution in [2.75, 3.05) is 6.61 Å². The Morgan fingerprint density at radius 2 is 1.19 bits per heavy atom. The maximum atomic E-state index is 8.43. The highest BCUT2D eigenvalue weighted by Crippen LogP contribution is 2.10. The first-order valence-corrected chi connectivity index (χ1v) is 6.75. The molecule has 0 unspecified atom stereocenters. The summed E-state index contributed by atoms with van der Waals surface area (Å²) >= 11 is 0. The first kappa shape index (κ1) is 15.9. The Kier molecular flexibility index (Phi) is 13.0. The minimum atomic E-state index is -1.60. The van der Waals surface area contributed by atoms with Crippen molar-refractivity contribution in [1.82, 2.24) is 0 Å². The molecule has 0 bridgehead atoms. The zero-order valence-electron chi connectivity index (χ0n) is 10.7. The van der Waals surface area contributed by atoms with E-state index in [1.54, 1.807) is 0 Å². The largest absolute Gasteiger partial charge is 0.633 e. The van der Waals surface area contributed by atoms with E-state index < -0.39 is 7.32 Å². The molecule has 0 radical (unpaired) electrons. The monoisotopic (exact) mass is 230 g/mol. The molecule has 0 aliphatic carbocycles. The molecular weight excluding hydrogens is 203 g/mol. The molecule has 0 saturated carbocycles. The molecule has 0 aromatic carbocycles. The molecule has 3 nitrogen and oxygen atoms in total. The van der Waals surface area contributed by atoms with Crippen molar-refractivity contribution in [2.45, 2.75) is 71.1 Å². The molecule has 0 aliphatic heterocycles. The maximum Gasteiger partial charge on any atom is 0.633 e. The van der Waals surface area contributed by atoms with Crippen LogP contribution < -0.4 is 0 Å². The van der Waals surface area contributed by atoms with Crippen LogP contribution in [0.2, 0.25) is 0 Å². The van der Waals surface area contributed by atoms with E-state index in [1.165, 1.54) is 51.4 Å². The summed E-state index contributed by atoms with van der Waals surface area (Å²) in [4.78, 5) is 0. The highest BCUT2D eigenvalue weighted by Gasteiger charge is 2.06. The molecule has 2 N–H and O–H groups in total. The fourth-order valence-corrected chi connectivity index (χ4v) is 1.78. The van der Waals surface area contributed by atoms with Gasteiger partial charge in [-0.1, -0.05) is 64.7 Å². The lowest BCUT2D eigenvalue weighted by molar-refractivity contribution is 0.182. The van der Waals surface area contributed by atoms with Gasteiger partial charge in [0.2, 0.25) is 0 Å². The third-order valence-electron chi connectivity index (χ3n) is 2.76. The third kappa shape index (κ3) is 13.9. The van der Waals surface area contributed by atoms with Crippen molar-refractivity contribution in [2.24, 2.45) is 0 Å². The van der Waals surface area contributed by atoms with Gasteiger partial charge in [0.05, 0.1) is 0 Å². The van der Waals surface area contributed by atoms with E-state index in [1.807, 2.05) is 0 Å². The third-order valence-corrected chi connectivity index (χ3v) is 2.76. The van der Waals surface area contributed by atoms with Gasteiger partial charge in [0, 0.05) is 6.61 Å². The molecule has 0 fully saturated rings. The summed E-state index contributed by atoms with van der Waals surface area (Å²) in [6.07, 6.45) is 12.8. The van der Waals surface area contributed by atoms with Crippen molar-refractivity contribution >= 4 is 7.32 Å². The molecule has 0 heterocycles. The first-order chi connectivity index (χ1) is 7.77. The number of unbranched alkanes of at least 4 members (excludes halogenated alkanes) is 9. The Bertz CT molecular complexity index is 131. The summed E-state index contributed by atoms with van der Waals surface area (Å²) in [5.74, 6) is 0. The van der Waals surface area contributed by atoms with Crippen LogP contribution in [-0.2, 0) is 4.65 Å². The molecule has 0 saturated heterocycles. The molecule has 0 atom stereocenters. The Hall–Kier alpha value is -0.0551. The second-order valence-corrected chi connectivity index (χ2v) is 4.38. The van der Waals surface area contributed by atoms with Crippen LogP contribution >= 0.6 is 0 Å². The van der Waals surface area contributed by atoms with Crippen LogP contribution in [0.25, 0.3) is 0 Å². The van der Waals surface area contributed by atoms with E-state index in [2.05, 4.69) is 11.6 Å². The molecule has 0 aromatic rings. The predicted octanol–water partition coefficient (Wildman–Crippen LogP) is 2.89. The standard InChI is InChI=1S/C12H27BO3/c1-2-3-4-5-6-7-8-9-10-11-12-16-13(14)15/h14-15H,2-12H2,1H3. The van der Waals surface area contributed by atoms with E-state index >= 15 is 0 Å². The highest BCUT2D eigenvalue weighted by atomic mass is 16.6. The van der Waals surface area contributed by atoms with Crippen molar-refractivity contribution < 1.29 is 14.7 Å². The van der Waals surface area contributed by atoms with Crippen LogP contribution in [0.5, 0.6) is 0 Å². The van der Waals surface area contributed by atoms with Crippen LogP contribution in [0.1, 0.15) is 71.1 Å². The Morgan fingerprint density at radius 3 is 1.62 bits per heavy atom. The van der Waals surface area contributed by atoms with E-state index in [0.29, 0.717) is 6.61 Å². The average Bonchev–Trinajstić information content (AvgIpc) is 2.25. The van der Waals surface area contributed by atoms with Gasteiger partial charge in [0.15, 0.2) is 0 Å². The van der Waals surface area contributed by atoms with Gasteiger partial charge >= 0.3 is 7.32 Å². The van der Waals surface area contributed by atoms with E-state index in [4.69, 9.17) is 10.0 Å². The molecular formula is C12H27BO3. The van der Waals surface area contributed by atoms with Gasteiger partial charge in [-0.3, -0.25) is 0 Å². The lowest BCUT2D eigenvalue weighted by Gasteiger charge is -2.03. The Labute approximate surface area is 100 Å². The Morgan fingerprint density at radius 1 is 0.750 bits per heavy atom. The van der Waals surface area contributed by atoms with Crippen molar-refractivity contribution in [3.8, 4) is 0 Å². The lowest BCUT2D eigenvalue weighted by Crippen LogP contribution is -2.17. The zero-order valence-corrected chi connectivity index (χ0v) is 10.7. The summed E-state index contributed by atoms with van der Waals surface area (Å²) in [5, 5.41) is 16.9. The summed E-state index contributed by atoms with van der Waals surface area (Å²) in [5.41, 5.74) is 0. The summed E-state index contributed by atoms with van der Waals surface area (Å²) in [6, 6.07) is 0. The van der Waals surface area contributed by atoms with Gasteiger partial charge in [-0.25, -0.2) is 0 Å². The SMILES string of the molecule is CCCCCCCCCCCCOB(O)O. The summed E-state index contributed by atoms with van der Waals surface area (Å²) in [6.45, 7) is 2.69. The fraction of sp³-hybridized carbons (Fsp3) is 1.00. The average molecular weight is 230 g/mol. The minimum absolute atomic E-state index is 0.453. The topological polar surface area (TPSA) is 49.7 Å². The van der Waals surface area contributed by atoms with Crippen LogP contribution in [-0.4, -0.2) is 24.0 Å². The van der Waals surface area contributed by atoms with Crippen molar-refractivity contribution in [3.05, 3.63) is 0 Å². The molecule has 0 amide bonds. The van der Waals surface area contributed by atoms with Gasteiger partial charge in [-0.2, -0.15) is 0 Å². The van der Waals surface area contributed by atoms with Crippen LogP contribution in [0.15, 0.2) is 0 Å². The smallest absolute Gasteiger partial charge is 0.402 e. The fourth-order valence-electron chi connectivity index (χ4n) is 1.78. The quantitative estimate of drug-likeness (QED) is 0.400. The van der Waals surface area contributed by atoms with Crippen LogP contribution in [0.4, 0.5) is 0 Å². The lowest BCUT2D eigenvalue weighted by atomic mass is 10.1. The minimum Gasteiger partial charge on any atom is -0.402 e. The summed E-state index contributed by atoms with van der Waals surface area (Å²) in [7, 11) is -1.60. The molecule has 16 heavy (non-hydrogen) atoms. The summed E-state index contributed by atoms with van der Waals surface area (Å²) < 4.78 is 4.62. The Balaban J connectivity index is 2.88. The van der Waals surface area contributed by atoms with Gasteiger partial charge in [-0.15, -0.1) is 0 Å². The number of rotatable bonds is 12. The normalized spacial score (nSPS) is 10.7. The van der Waals surface area contributed by atoms with E-state index in [9.17, 15) is 0 Å². The molecule has 0 aromatic heterocycles. The van der Waals surface area contributed by atoms with E-state index in [-0.39, 0.29) is 0 Å². The second kappa shape index (κ2) is 13.0. The second-order valence-electron chi connectivity index (χ2n) is 4.38. The maximum absolute atomic E-state index is 8.43. The molecule has 0 rings (SSSR count). The molecule has 4 heteroatoms. The predicted molar refractivity (Wildman–Crippen MR) is 68.0 cm³/mol.